The van der Waals surface area contributed by atoms with Crippen LogP contribution in [0, 0.1) is 40.4 Å². The van der Waals surface area contributed by atoms with E-state index in [0.29, 0.717) is 10.8 Å². The number of fused-ring (bicyclic) bond motifs is 5. The van der Waals surface area contributed by atoms with Gasteiger partial charge in [0.25, 0.3) is 0 Å². The van der Waals surface area contributed by atoms with E-state index < -0.39 is 0 Å². The largest absolute Gasteiger partial charge is 0.348 e. The van der Waals surface area contributed by atoms with E-state index >= 15 is 0 Å². The van der Waals surface area contributed by atoms with Crippen LogP contribution in [0.3, 0.4) is 0 Å². The van der Waals surface area contributed by atoms with Crippen molar-refractivity contribution in [1.29, 1.82) is 0 Å². The van der Waals surface area contributed by atoms with Crippen molar-refractivity contribution in [2.45, 2.75) is 84.3 Å². The van der Waals surface area contributed by atoms with Crippen LogP contribution in [0.1, 0.15) is 78.6 Å². The topological polar surface area (TPSA) is 18.5 Å². The molecular weight excluding hydrogens is 320 g/mol. The second-order valence-electron chi connectivity index (χ2n) is 11.0. The molecule has 4 aliphatic carbocycles. The van der Waals surface area contributed by atoms with Gasteiger partial charge in [0.05, 0.1) is 13.2 Å². The van der Waals surface area contributed by atoms with Gasteiger partial charge in [-0.3, -0.25) is 0 Å². The summed E-state index contributed by atoms with van der Waals surface area (Å²) in [5.41, 5.74) is 2.50. The quantitative estimate of drug-likeness (QED) is 0.538. The lowest BCUT2D eigenvalue weighted by molar-refractivity contribution is -0.229. The number of allylic oxidation sites excluding steroid dienone is 1. The second-order valence-corrected chi connectivity index (χ2v) is 11.0. The Bertz CT molecular complexity index is 591. The van der Waals surface area contributed by atoms with E-state index in [1.165, 1.54) is 50.5 Å². The first-order valence-corrected chi connectivity index (χ1v) is 11.3. The molecule has 0 radical (unpaired) electrons. The molecule has 5 rings (SSSR count). The maximum Gasteiger partial charge on any atom is 0.168 e. The number of hydrogen-bond acceptors (Lipinski definition) is 2. The lowest BCUT2D eigenvalue weighted by atomic mass is 9.44. The van der Waals surface area contributed by atoms with Crippen molar-refractivity contribution in [1.82, 2.24) is 0 Å². The maximum absolute atomic E-state index is 6.11. The van der Waals surface area contributed by atoms with Crippen LogP contribution in [0.4, 0.5) is 0 Å². The average molecular weight is 359 g/mol. The molecule has 0 aromatic carbocycles. The second kappa shape index (κ2) is 5.83. The summed E-state index contributed by atoms with van der Waals surface area (Å²) in [7, 11) is 0. The molecule has 2 nitrogen and oxygen atoms in total. The zero-order valence-corrected chi connectivity index (χ0v) is 17.2. The van der Waals surface area contributed by atoms with Gasteiger partial charge in [-0.05, 0) is 92.3 Å². The van der Waals surface area contributed by atoms with E-state index in [1.54, 1.807) is 0 Å². The molecule has 0 bridgehead atoms. The number of ether oxygens (including phenoxy) is 2. The van der Waals surface area contributed by atoms with Crippen molar-refractivity contribution in [3.63, 3.8) is 0 Å². The summed E-state index contributed by atoms with van der Waals surface area (Å²) < 4.78 is 12.2. The predicted molar refractivity (Wildman–Crippen MR) is 105 cm³/mol. The summed E-state index contributed by atoms with van der Waals surface area (Å²) in [4.78, 5) is 0. The highest BCUT2D eigenvalue weighted by Crippen LogP contribution is 2.68. The molecule has 146 valence electrons. The van der Waals surface area contributed by atoms with Crippen molar-refractivity contribution in [2.75, 3.05) is 13.2 Å². The van der Waals surface area contributed by atoms with Crippen LogP contribution in [-0.4, -0.2) is 19.0 Å². The maximum atomic E-state index is 6.11. The zero-order chi connectivity index (χ0) is 18.2. The normalized spacial score (nSPS) is 52.3. The molecule has 7 atom stereocenters. The van der Waals surface area contributed by atoms with Crippen molar-refractivity contribution >= 4 is 0 Å². The van der Waals surface area contributed by atoms with Gasteiger partial charge in [-0.1, -0.05) is 26.0 Å². The average Bonchev–Trinajstić information content (AvgIpc) is 3.20. The molecule has 5 fully saturated rings. The molecule has 5 aliphatic rings. The van der Waals surface area contributed by atoms with Crippen LogP contribution in [0.15, 0.2) is 12.2 Å². The highest BCUT2D eigenvalue weighted by Gasteiger charge is 2.62. The van der Waals surface area contributed by atoms with Crippen LogP contribution in [0.5, 0.6) is 0 Å². The van der Waals surface area contributed by atoms with Crippen LogP contribution in [0.25, 0.3) is 0 Å². The molecule has 1 saturated heterocycles. The third-order valence-electron chi connectivity index (χ3n) is 10.1. The van der Waals surface area contributed by atoms with Crippen LogP contribution < -0.4 is 0 Å². The minimum Gasteiger partial charge on any atom is -0.348 e. The fraction of sp³-hybridized carbons (Fsp3) is 0.917. The third-order valence-corrected chi connectivity index (χ3v) is 10.1. The predicted octanol–water partition coefficient (Wildman–Crippen LogP) is 5.96. The molecule has 0 amide bonds. The van der Waals surface area contributed by atoms with Gasteiger partial charge in [-0.25, -0.2) is 0 Å². The highest BCUT2D eigenvalue weighted by atomic mass is 16.7. The Labute approximate surface area is 160 Å². The molecular formula is C24H38O2. The van der Waals surface area contributed by atoms with E-state index in [0.717, 1.165) is 55.6 Å². The summed E-state index contributed by atoms with van der Waals surface area (Å²) >= 11 is 0. The van der Waals surface area contributed by atoms with E-state index in [4.69, 9.17) is 9.47 Å². The van der Waals surface area contributed by atoms with Gasteiger partial charge in [0.1, 0.15) is 0 Å². The molecule has 0 N–H and O–H groups in total. The first kappa shape index (κ1) is 17.7. The Morgan fingerprint density at radius 2 is 1.58 bits per heavy atom. The number of rotatable bonds is 1. The smallest absolute Gasteiger partial charge is 0.168 e. The zero-order valence-electron chi connectivity index (χ0n) is 17.2. The molecule has 0 unspecified atom stereocenters. The van der Waals surface area contributed by atoms with E-state index in [2.05, 4.69) is 27.4 Å². The van der Waals surface area contributed by atoms with Crippen LogP contribution >= 0.6 is 0 Å². The minimum absolute atomic E-state index is 0.210. The van der Waals surface area contributed by atoms with E-state index in [-0.39, 0.29) is 5.79 Å². The Kier molecular flexibility index (Phi) is 3.98. The molecule has 2 heteroatoms. The summed E-state index contributed by atoms with van der Waals surface area (Å²) in [6.07, 6.45) is 12.2. The van der Waals surface area contributed by atoms with Gasteiger partial charge in [0, 0.05) is 12.8 Å². The lowest BCUT2D eigenvalue weighted by Crippen LogP contribution is -2.56. The third kappa shape index (κ3) is 2.30. The Balaban J connectivity index is 1.40. The van der Waals surface area contributed by atoms with Crippen molar-refractivity contribution in [3.8, 4) is 0 Å². The van der Waals surface area contributed by atoms with Crippen LogP contribution in [-0.2, 0) is 9.47 Å². The van der Waals surface area contributed by atoms with Gasteiger partial charge in [-0.2, -0.15) is 0 Å². The van der Waals surface area contributed by atoms with Crippen molar-refractivity contribution in [2.24, 2.45) is 40.4 Å². The minimum atomic E-state index is -0.210. The summed E-state index contributed by atoms with van der Waals surface area (Å²) in [5, 5.41) is 0. The number of hydrogen-bond donors (Lipinski definition) is 0. The van der Waals surface area contributed by atoms with E-state index in [1.807, 2.05) is 0 Å². The summed E-state index contributed by atoms with van der Waals surface area (Å²) in [5.74, 6) is 4.20. The van der Waals surface area contributed by atoms with Gasteiger partial charge < -0.3 is 9.47 Å². The standard InChI is InChI=1S/C24H38O2/c1-16(2)19-7-8-20-18-6-5-17-15-24(25-13-14-26-24)12-11-22(17,3)21(18)9-10-23(19,20)4/h17-21H,1,5-15H2,2-4H3/t17-,18+,19-,20+,21+,22+,23-/m1/s1. The van der Waals surface area contributed by atoms with Gasteiger partial charge in [0.15, 0.2) is 5.79 Å². The first-order valence-electron chi connectivity index (χ1n) is 11.3. The monoisotopic (exact) mass is 358 g/mol. The Hall–Kier alpha value is -0.340. The molecule has 4 saturated carbocycles. The molecule has 1 heterocycles. The lowest BCUT2D eigenvalue weighted by Gasteiger charge is -2.62. The molecule has 26 heavy (non-hydrogen) atoms. The van der Waals surface area contributed by atoms with E-state index in [9.17, 15) is 0 Å². The van der Waals surface area contributed by atoms with Gasteiger partial charge in [0.2, 0.25) is 0 Å². The Morgan fingerprint density at radius 3 is 2.31 bits per heavy atom. The molecule has 1 spiro atoms. The summed E-state index contributed by atoms with van der Waals surface area (Å²) in [6.45, 7) is 13.5. The fourth-order valence-corrected chi connectivity index (χ4v) is 8.77. The van der Waals surface area contributed by atoms with Crippen molar-refractivity contribution in [3.05, 3.63) is 12.2 Å². The van der Waals surface area contributed by atoms with Gasteiger partial charge in [-0.15, -0.1) is 0 Å². The molecule has 0 aromatic rings. The highest BCUT2D eigenvalue weighted by molar-refractivity contribution is 5.15. The Morgan fingerprint density at radius 1 is 0.846 bits per heavy atom. The summed E-state index contributed by atoms with van der Waals surface area (Å²) in [6, 6.07) is 0. The van der Waals surface area contributed by atoms with Crippen LogP contribution in [0.2, 0.25) is 0 Å². The van der Waals surface area contributed by atoms with Crippen molar-refractivity contribution < 1.29 is 9.47 Å². The first-order chi connectivity index (χ1) is 12.4. The van der Waals surface area contributed by atoms with Gasteiger partial charge >= 0.3 is 0 Å². The fourth-order valence-electron chi connectivity index (χ4n) is 8.77. The molecule has 1 aliphatic heterocycles. The SMILES string of the molecule is C=C(C)[C@H]1CC[C@H]2[C@@H]3CC[C@@H]4CC5(CC[C@]4(C)[C@H]3CC[C@]12C)OCCO5. The molecule has 0 aromatic heterocycles.